The number of amidine groups is 1. The summed E-state index contributed by atoms with van der Waals surface area (Å²) < 4.78 is 55.7. The molecule has 3 aromatic carbocycles. The van der Waals surface area contributed by atoms with Crippen LogP contribution in [-0.4, -0.2) is 94.7 Å². The maximum Gasteiger partial charge on any atom is 0.326 e. The molecule has 1 saturated heterocycles. The standard InChI is InChI=1S/C32H37ClIN5O6S2/c1-4-45-27-20-26(33)28(47(35,43)44)19-25(27)31-36-29(22-7-5-21(2)6-8-22)30(23-9-11-24(34)12-10-23)39(31)32(40)38-15-13-37(14-16-38)17-18-46(3,41)42/h5-12,19-20,29-30H,4,13-18H2,1-3H3,(H2,35,43,44)/t29-,30+/m0/s1. The molecule has 252 valence electrons. The molecule has 0 bridgehead atoms. The number of nitrogens with two attached hydrogens (primary N) is 1. The monoisotopic (exact) mass is 813 g/mol. The first-order chi connectivity index (χ1) is 22.2. The predicted molar refractivity (Wildman–Crippen MR) is 191 cm³/mol. The highest BCUT2D eigenvalue weighted by atomic mass is 127. The number of aryl methyl sites for hydroxylation is 1. The van der Waals surface area contributed by atoms with E-state index in [-0.39, 0.29) is 45.5 Å². The molecule has 3 aromatic rings. The van der Waals surface area contributed by atoms with Crippen LogP contribution in [0.5, 0.6) is 5.75 Å². The number of sulfone groups is 1. The largest absolute Gasteiger partial charge is 0.493 e. The van der Waals surface area contributed by atoms with Gasteiger partial charge in [-0.05, 0) is 65.8 Å². The SMILES string of the molecule is CCOc1cc(Cl)c(S(N)(=O)=O)cc1C1=N[C@@H](c2ccc(C)cc2)[C@@H](c2ccc(I)cc2)N1C(=O)N1CCN(CCS(C)(=O)=O)CC1. The van der Waals surface area contributed by atoms with Crippen LogP contribution in [0.25, 0.3) is 0 Å². The smallest absolute Gasteiger partial charge is 0.326 e. The number of sulfonamides is 1. The Balaban J connectivity index is 1.65. The molecule has 2 aliphatic heterocycles. The van der Waals surface area contributed by atoms with Gasteiger partial charge in [0, 0.05) is 48.6 Å². The Bertz CT molecular complexity index is 1880. The van der Waals surface area contributed by atoms with Crippen molar-refractivity contribution in [1.29, 1.82) is 0 Å². The van der Waals surface area contributed by atoms with Gasteiger partial charge in [0.2, 0.25) is 10.0 Å². The lowest BCUT2D eigenvalue weighted by atomic mass is 9.93. The van der Waals surface area contributed by atoms with E-state index in [1.165, 1.54) is 18.4 Å². The van der Waals surface area contributed by atoms with Gasteiger partial charge >= 0.3 is 6.03 Å². The summed E-state index contributed by atoms with van der Waals surface area (Å²) in [5.74, 6) is 0.534. The number of ether oxygens (including phenoxy) is 1. The van der Waals surface area contributed by atoms with Gasteiger partial charge in [0.1, 0.15) is 32.4 Å². The predicted octanol–water partition coefficient (Wildman–Crippen LogP) is 4.63. The number of carbonyl (C=O) groups excluding carboxylic acids is 1. The lowest BCUT2D eigenvalue weighted by Crippen LogP contribution is -2.54. The fraction of sp³-hybridized carbons (Fsp3) is 0.375. The third-order valence-corrected chi connectivity index (χ3v) is 11.2. The van der Waals surface area contributed by atoms with Crippen molar-refractivity contribution in [3.8, 4) is 5.75 Å². The zero-order chi connectivity index (χ0) is 34.1. The first kappa shape index (κ1) is 35.5. The number of hydrogen-bond acceptors (Lipinski definition) is 8. The summed E-state index contributed by atoms with van der Waals surface area (Å²) in [7, 11) is -7.37. The van der Waals surface area contributed by atoms with Crippen LogP contribution in [0.15, 0.2) is 70.6 Å². The highest BCUT2D eigenvalue weighted by Gasteiger charge is 2.45. The lowest BCUT2D eigenvalue weighted by Gasteiger charge is -2.39. The average Bonchev–Trinajstić information content (AvgIpc) is 3.40. The Morgan fingerprint density at radius 1 is 1.00 bits per heavy atom. The normalized spacial score (nSPS) is 19.1. The molecule has 0 spiro atoms. The Kier molecular flexibility index (Phi) is 10.9. The van der Waals surface area contributed by atoms with Gasteiger partial charge in [0.15, 0.2) is 0 Å². The molecule has 0 unspecified atom stereocenters. The molecule has 47 heavy (non-hydrogen) atoms. The molecule has 5 rings (SSSR count). The average molecular weight is 814 g/mol. The van der Waals surface area contributed by atoms with Crippen LogP contribution < -0.4 is 9.88 Å². The van der Waals surface area contributed by atoms with Crippen molar-refractivity contribution in [2.24, 2.45) is 10.1 Å². The molecule has 0 aliphatic carbocycles. The molecule has 0 aromatic heterocycles. The van der Waals surface area contributed by atoms with Crippen LogP contribution in [0.3, 0.4) is 0 Å². The van der Waals surface area contributed by atoms with E-state index in [4.69, 9.17) is 26.5 Å². The van der Waals surface area contributed by atoms with E-state index in [1.54, 1.807) is 16.7 Å². The van der Waals surface area contributed by atoms with Crippen LogP contribution >= 0.6 is 34.2 Å². The highest BCUT2D eigenvalue weighted by Crippen LogP contribution is 2.46. The van der Waals surface area contributed by atoms with Crippen molar-refractivity contribution in [3.05, 3.63) is 91.5 Å². The van der Waals surface area contributed by atoms with Gasteiger partial charge in [-0.1, -0.05) is 53.6 Å². The Morgan fingerprint density at radius 3 is 2.19 bits per heavy atom. The molecule has 2 aliphatic rings. The van der Waals surface area contributed by atoms with Gasteiger partial charge in [0.05, 0.1) is 29.0 Å². The third-order valence-electron chi connectivity index (χ3n) is 8.21. The molecular weight excluding hydrogens is 777 g/mol. The van der Waals surface area contributed by atoms with E-state index in [9.17, 15) is 21.6 Å². The van der Waals surface area contributed by atoms with Gasteiger partial charge in [-0.3, -0.25) is 14.8 Å². The second-order valence-electron chi connectivity index (χ2n) is 11.7. The minimum Gasteiger partial charge on any atom is -0.493 e. The molecule has 2 amide bonds. The summed E-state index contributed by atoms with van der Waals surface area (Å²) in [6.07, 6.45) is 1.21. The van der Waals surface area contributed by atoms with Gasteiger partial charge in [-0.15, -0.1) is 0 Å². The van der Waals surface area contributed by atoms with Crippen molar-refractivity contribution in [3.63, 3.8) is 0 Å². The minimum absolute atomic E-state index is 0.0418. The number of urea groups is 1. The number of rotatable bonds is 9. The molecule has 1 fully saturated rings. The van der Waals surface area contributed by atoms with Crippen LogP contribution in [0.1, 0.15) is 41.3 Å². The second-order valence-corrected chi connectivity index (χ2v) is 17.1. The Labute approximate surface area is 294 Å². The molecule has 0 saturated carbocycles. The number of primary sulfonamides is 1. The van der Waals surface area contributed by atoms with E-state index in [0.29, 0.717) is 32.7 Å². The maximum absolute atomic E-state index is 14.8. The van der Waals surface area contributed by atoms with E-state index in [2.05, 4.69) is 22.6 Å². The molecular formula is C32H37ClIN5O6S2. The number of aliphatic imine (C=N–C) groups is 1. The molecule has 11 nitrogen and oxygen atoms in total. The number of amides is 2. The van der Waals surface area contributed by atoms with Crippen LogP contribution in [0.4, 0.5) is 4.79 Å². The molecule has 0 radical (unpaired) electrons. The quantitative estimate of drug-likeness (QED) is 0.311. The lowest BCUT2D eigenvalue weighted by molar-refractivity contribution is 0.122. The second kappa shape index (κ2) is 14.4. The van der Waals surface area contributed by atoms with Crippen LogP contribution in [-0.2, 0) is 19.9 Å². The van der Waals surface area contributed by atoms with Gasteiger partial charge in [-0.2, -0.15) is 0 Å². The topological polar surface area (TPSA) is 143 Å². The van der Waals surface area contributed by atoms with Gasteiger partial charge < -0.3 is 9.64 Å². The summed E-state index contributed by atoms with van der Waals surface area (Å²) in [6.45, 7) is 6.14. The first-order valence-electron chi connectivity index (χ1n) is 15.0. The molecule has 2 N–H and O–H groups in total. The third kappa shape index (κ3) is 8.28. The molecule has 2 heterocycles. The number of piperazine rings is 1. The van der Waals surface area contributed by atoms with Crippen molar-refractivity contribution in [1.82, 2.24) is 14.7 Å². The zero-order valence-corrected chi connectivity index (χ0v) is 30.8. The summed E-state index contributed by atoms with van der Waals surface area (Å²) in [4.78, 5) is 25.0. The Morgan fingerprint density at radius 2 is 1.62 bits per heavy atom. The van der Waals surface area contributed by atoms with Crippen molar-refractivity contribution < 1.29 is 26.4 Å². The van der Waals surface area contributed by atoms with Crippen molar-refractivity contribution in [2.75, 3.05) is 51.3 Å². The number of carbonyl (C=O) groups is 1. The number of halogens is 2. The van der Waals surface area contributed by atoms with Gasteiger partial charge in [0.25, 0.3) is 0 Å². The number of hydrogen-bond donors (Lipinski definition) is 1. The van der Waals surface area contributed by atoms with Crippen LogP contribution in [0, 0.1) is 10.5 Å². The van der Waals surface area contributed by atoms with Crippen LogP contribution in [0.2, 0.25) is 5.02 Å². The minimum atomic E-state index is -4.24. The summed E-state index contributed by atoms with van der Waals surface area (Å²) in [5, 5.41) is 5.46. The molecule has 15 heteroatoms. The summed E-state index contributed by atoms with van der Waals surface area (Å²) >= 11 is 8.62. The van der Waals surface area contributed by atoms with Gasteiger partial charge in [-0.25, -0.2) is 26.8 Å². The van der Waals surface area contributed by atoms with Crippen molar-refractivity contribution >= 4 is 65.9 Å². The molecule has 2 atom stereocenters. The van der Waals surface area contributed by atoms with Crippen molar-refractivity contribution in [2.45, 2.75) is 30.8 Å². The fourth-order valence-corrected chi connectivity index (χ4v) is 7.81. The van der Waals surface area contributed by atoms with E-state index in [0.717, 1.165) is 20.3 Å². The van der Waals surface area contributed by atoms with E-state index in [1.807, 2.05) is 60.4 Å². The van der Waals surface area contributed by atoms with E-state index < -0.39 is 31.9 Å². The fourth-order valence-electron chi connectivity index (χ4n) is 5.77. The number of nitrogens with zero attached hydrogens (tertiary/aromatic N) is 4. The zero-order valence-electron chi connectivity index (χ0n) is 26.3. The first-order valence-corrected chi connectivity index (χ1v) is 20.1. The maximum atomic E-state index is 14.8. The number of benzene rings is 3. The Hall–Kier alpha value is -2.76. The highest BCUT2D eigenvalue weighted by molar-refractivity contribution is 14.1. The van der Waals surface area contributed by atoms with E-state index >= 15 is 0 Å². The summed E-state index contributed by atoms with van der Waals surface area (Å²) in [5.41, 5.74) is 3.05. The summed E-state index contributed by atoms with van der Waals surface area (Å²) in [6, 6.07) is 17.1.